The number of nitrogens with zero attached hydrogens (tertiary/aromatic N) is 4. The van der Waals surface area contributed by atoms with E-state index in [1.54, 1.807) is 23.2 Å². The van der Waals surface area contributed by atoms with E-state index in [0.717, 1.165) is 47.9 Å². The summed E-state index contributed by atoms with van der Waals surface area (Å²) < 4.78 is 6.61. The Labute approximate surface area is 235 Å². The number of halogens is 2. The third-order valence-corrected chi connectivity index (χ3v) is 13.9. The average Bonchev–Trinajstić information content (AvgIpc) is 3.38. The summed E-state index contributed by atoms with van der Waals surface area (Å²) in [4.78, 5) is 22.8. The fourth-order valence-corrected chi connectivity index (χ4v) is 6.78. The lowest BCUT2D eigenvalue weighted by Gasteiger charge is -2.38. The molecule has 10 heteroatoms. The van der Waals surface area contributed by atoms with Crippen molar-refractivity contribution in [3.63, 3.8) is 0 Å². The molecule has 198 valence electrons. The Morgan fingerprint density at radius 2 is 2.05 bits per heavy atom. The van der Waals surface area contributed by atoms with E-state index < -0.39 is 8.32 Å². The summed E-state index contributed by atoms with van der Waals surface area (Å²) in [6.07, 6.45) is 6.40. The molecule has 0 radical (unpaired) electrons. The number of carbonyl (C=O) groups excluding carboxylic acids is 1. The maximum Gasteiger partial charge on any atom is 0.265 e. The smallest absolute Gasteiger partial charge is 0.265 e. The van der Waals surface area contributed by atoms with Crippen LogP contribution in [0.4, 0.5) is 5.13 Å². The zero-order valence-corrected chi connectivity index (χ0v) is 25.4. The lowest BCUT2D eigenvalue weighted by atomic mass is 10.1. The van der Waals surface area contributed by atoms with Gasteiger partial charge in [0.25, 0.3) is 5.91 Å². The molecule has 1 aliphatic carbocycles. The number of hydrogen-bond acceptors (Lipinski definition) is 6. The zero-order valence-electron chi connectivity index (χ0n) is 22.1. The van der Waals surface area contributed by atoms with E-state index in [9.17, 15) is 10.1 Å². The van der Waals surface area contributed by atoms with Gasteiger partial charge in [-0.2, -0.15) is 5.26 Å². The van der Waals surface area contributed by atoms with Crippen LogP contribution < -0.4 is 4.90 Å². The Hall–Kier alpha value is -1.89. The molecule has 1 aliphatic heterocycles. The van der Waals surface area contributed by atoms with E-state index in [1.165, 1.54) is 11.3 Å². The third-order valence-electron chi connectivity index (χ3n) is 7.45. The molecule has 1 saturated heterocycles. The number of amides is 1. The molecule has 2 fully saturated rings. The molecule has 1 aromatic carbocycles. The van der Waals surface area contributed by atoms with Crippen molar-refractivity contribution in [1.82, 2.24) is 9.88 Å². The van der Waals surface area contributed by atoms with Crippen LogP contribution in [0.2, 0.25) is 28.2 Å². The number of benzene rings is 1. The lowest BCUT2D eigenvalue weighted by Crippen LogP contribution is -2.44. The van der Waals surface area contributed by atoms with Gasteiger partial charge in [0.1, 0.15) is 11.6 Å². The first-order valence-corrected chi connectivity index (χ1v) is 17.1. The first-order valence-electron chi connectivity index (χ1n) is 12.6. The second-order valence-electron chi connectivity index (χ2n) is 11.3. The van der Waals surface area contributed by atoms with Crippen LogP contribution in [-0.4, -0.2) is 49.3 Å². The first-order chi connectivity index (χ1) is 17.4. The molecule has 2 aliphatic rings. The maximum absolute atomic E-state index is 13.4. The van der Waals surface area contributed by atoms with Crippen LogP contribution in [0.15, 0.2) is 30.0 Å². The SMILES string of the molecule is CC(C)(C)[Si](C)(C)OC1CCN(c2ncc(C=C(C#N)C(=O)N(Cc3cccc(Cl)c3Cl)C3CC3)s2)C1. The van der Waals surface area contributed by atoms with Crippen LogP contribution in [-0.2, 0) is 15.8 Å². The van der Waals surface area contributed by atoms with Gasteiger partial charge < -0.3 is 14.2 Å². The molecule has 0 bridgehead atoms. The predicted octanol–water partition coefficient (Wildman–Crippen LogP) is 7.15. The summed E-state index contributed by atoms with van der Waals surface area (Å²) in [7, 11) is -1.83. The van der Waals surface area contributed by atoms with Gasteiger partial charge in [-0.1, -0.05) is 67.4 Å². The molecule has 1 aromatic heterocycles. The molecule has 37 heavy (non-hydrogen) atoms. The predicted molar refractivity (Wildman–Crippen MR) is 155 cm³/mol. The van der Waals surface area contributed by atoms with Gasteiger partial charge in [-0.3, -0.25) is 4.79 Å². The maximum atomic E-state index is 13.4. The largest absolute Gasteiger partial charge is 0.412 e. The van der Waals surface area contributed by atoms with Crippen LogP contribution in [0.1, 0.15) is 50.5 Å². The van der Waals surface area contributed by atoms with Crippen molar-refractivity contribution in [3.05, 3.63) is 50.5 Å². The fraction of sp³-hybridized carbons (Fsp3) is 0.519. The highest BCUT2D eigenvalue weighted by molar-refractivity contribution is 7.16. The lowest BCUT2D eigenvalue weighted by molar-refractivity contribution is -0.127. The van der Waals surface area contributed by atoms with Crippen molar-refractivity contribution < 1.29 is 9.22 Å². The summed E-state index contributed by atoms with van der Waals surface area (Å²) >= 11 is 14.0. The van der Waals surface area contributed by atoms with Crippen molar-refractivity contribution in [3.8, 4) is 6.07 Å². The minimum absolute atomic E-state index is 0.0980. The number of aromatic nitrogens is 1. The Bertz CT molecular complexity index is 1230. The molecule has 1 unspecified atom stereocenters. The van der Waals surface area contributed by atoms with Crippen molar-refractivity contribution in [1.29, 1.82) is 5.26 Å². The van der Waals surface area contributed by atoms with Gasteiger partial charge in [0.2, 0.25) is 0 Å². The van der Waals surface area contributed by atoms with Gasteiger partial charge in [0.05, 0.1) is 21.0 Å². The normalized spacial score (nSPS) is 18.7. The highest BCUT2D eigenvalue weighted by Gasteiger charge is 2.41. The topological polar surface area (TPSA) is 69.5 Å². The second kappa shape index (κ2) is 11.1. The summed E-state index contributed by atoms with van der Waals surface area (Å²) in [5, 5.41) is 11.8. The van der Waals surface area contributed by atoms with Crippen molar-refractivity contribution in [2.75, 3.05) is 18.0 Å². The van der Waals surface area contributed by atoms with E-state index in [-0.39, 0.29) is 28.7 Å². The summed E-state index contributed by atoms with van der Waals surface area (Å²) in [5.74, 6) is -0.292. The van der Waals surface area contributed by atoms with E-state index >= 15 is 0 Å². The van der Waals surface area contributed by atoms with E-state index in [0.29, 0.717) is 16.6 Å². The Kier molecular flexibility index (Phi) is 8.42. The van der Waals surface area contributed by atoms with E-state index in [2.05, 4.69) is 49.8 Å². The molecule has 0 spiro atoms. The van der Waals surface area contributed by atoms with Crippen LogP contribution >= 0.6 is 34.5 Å². The molecular formula is C27H34Cl2N4O2SSi. The van der Waals surface area contributed by atoms with Gasteiger partial charge in [0.15, 0.2) is 13.4 Å². The number of hydrogen-bond donors (Lipinski definition) is 0. The number of carbonyl (C=O) groups is 1. The molecule has 2 heterocycles. The summed E-state index contributed by atoms with van der Waals surface area (Å²) in [6.45, 7) is 13.4. The number of nitriles is 1. The molecule has 2 aromatic rings. The second-order valence-corrected chi connectivity index (χ2v) is 17.9. The summed E-state index contributed by atoms with van der Waals surface area (Å²) in [5.41, 5.74) is 0.871. The fourth-order valence-electron chi connectivity index (χ4n) is 4.13. The molecule has 6 nitrogen and oxygen atoms in total. The van der Waals surface area contributed by atoms with Crippen molar-refractivity contribution in [2.24, 2.45) is 0 Å². The van der Waals surface area contributed by atoms with Gasteiger partial charge in [-0.05, 0) is 55.1 Å². The Balaban J connectivity index is 1.45. The number of thiazole rings is 1. The molecule has 1 amide bonds. The van der Waals surface area contributed by atoms with Crippen LogP contribution in [0.25, 0.3) is 6.08 Å². The molecule has 4 rings (SSSR count). The zero-order chi connectivity index (χ0) is 27.0. The molecule has 1 saturated carbocycles. The van der Waals surface area contributed by atoms with Gasteiger partial charge in [0, 0.05) is 31.9 Å². The van der Waals surface area contributed by atoms with Crippen LogP contribution in [0, 0.1) is 11.3 Å². The third kappa shape index (κ3) is 6.58. The van der Waals surface area contributed by atoms with Crippen molar-refractivity contribution in [2.45, 2.75) is 76.9 Å². The number of rotatable bonds is 8. The minimum atomic E-state index is -1.83. The highest BCUT2D eigenvalue weighted by atomic mass is 35.5. The van der Waals surface area contributed by atoms with E-state index in [4.69, 9.17) is 27.6 Å². The van der Waals surface area contributed by atoms with Crippen LogP contribution in [0.3, 0.4) is 0 Å². The van der Waals surface area contributed by atoms with Crippen molar-refractivity contribution >= 4 is 60.0 Å². The quantitative estimate of drug-likeness (QED) is 0.189. The average molecular weight is 578 g/mol. The highest BCUT2D eigenvalue weighted by Crippen LogP contribution is 2.39. The number of anilines is 1. The minimum Gasteiger partial charge on any atom is -0.412 e. The van der Waals surface area contributed by atoms with Gasteiger partial charge in [-0.15, -0.1) is 0 Å². The van der Waals surface area contributed by atoms with E-state index in [1.807, 2.05) is 12.1 Å². The van der Waals surface area contributed by atoms with Crippen LogP contribution in [0.5, 0.6) is 0 Å². The molecular weight excluding hydrogens is 543 g/mol. The summed E-state index contributed by atoms with van der Waals surface area (Å²) in [6, 6.07) is 7.62. The first kappa shape index (κ1) is 28.1. The monoisotopic (exact) mass is 576 g/mol. The van der Waals surface area contributed by atoms with Gasteiger partial charge >= 0.3 is 0 Å². The Morgan fingerprint density at radius 3 is 2.70 bits per heavy atom. The molecule has 0 N–H and O–H groups in total. The Morgan fingerprint density at radius 1 is 1.32 bits per heavy atom. The molecule has 1 atom stereocenters. The van der Waals surface area contributed by atoms with Gasteiger partial charge in [-0.25, -0.2) is 4.98 Å². The standard InChI is InChI=1S/C27H34Cl2N4O2SSi/c1-27(2,3)37(4,5)35-21-11-12-32(17-21)26-31-15-22(36-26)13-19(14-30)25(34)33(20-9-10-20)16-18-7-6-8-23(28)24(18)29/h6-8,13,15,20-21H,9-12,16-17H2,1-5H3.